The first-order valence-corrected chi connectivity index (χ1v) is 7.92. The topological polar surface area (TPSA) is 19.4 Å². The van der Waals surface area contributed by atoms with Gasteiger partial charge in [0, 0.05) is 32.4 Å². The minimum atomic E-state index is 0.798. The van der Waals surface area contributed by atoms with E-state index in [2.05, 4.69) is 46.5 Å². The van der Waals surface area contributed by atoms with Gasteiger partial charge < -0.3 is 4.90 Å². The highest BCUT2D eigenvalue weighted by Crippen LogP contribution is 2.14. The van der Waals surface area contributed by atoms with E-state index in [-0.39, 0.29) is 0 Å². The van der Waals surface area contributed by atoms with Crippen LogP contribution in [0.2, 0.25) is 0 Å². The summed E-state index contributed by atoms with van der Waals surface area (Å²) in [4.78, 5) is 9.39. The van der Waals surface area contributed by atoms with E-state index in [1.54, 1.807) is 0 Å². The lowest BCUT2D eigenvalue weighted by atomic mass is 10.0. The number of piperazine rings is 1. The van der Waals surface area contributed by atoms with Gasteiger partial charge in [0.2, 0.25) is 0 Å². The molecule has 1 aliphatic heterocycles. The third-order valence-corrected chi connectivity index (χ3v) is 4.16. The second-order valence-corrected chi connectivity index (χ2v) is 5.87. The van der Waals surface area contributed by atoms with Gasteiger partial charge in [0.1, 0.15) is 5.82 Å². The monoisotopic (exact) mass is 279 g/mol. The summed E-state index contributed by atoms with van der Waals surface area (Å²) in [5.74, 6) is 2.92. The Morgan fingerprint density at radius 2 is 2.00 bits per heavy atom. The fourth-order valence-corrected chi connectivity index (χ4v) is 2.95. The molecule has 1 aliphatic rings. The van der Waals surface area contributed by atoms with Gasteiger partial charge in [-0.25, -0.2) is 4.98 Å². The molecular weight excluding hydrogens is 254 g/mol. The van der Waals surface area contributed by atoms with E-state index in [4.69, 9.17) is 0 Å². The van der Waals surface area contributed by atoms with Crippen molar-refractivity contribution < 1.29 is 0 Å². The van der Waals surface area contributed by atoms with Crippen molar-refractivity contribution in [3.63, 3.8) is 0 Å². The maximum Gasteiger partial charge on any atom is 0.128 e. The molecule has 106 valence electrons. The summed E-state index contributed by atoms with van der Waals surface area (Å²) in [5, 5.41) is 0. The lowest BCUT2D eigenvalue weighted by Crippen LogP contribution is -2.47. The highest BCUT2D eigenvalue weighted by atomic mass is 32.1. The summed E-state index contributed by atoms with van der Waals surface area (Å²) in [7, 11) is 0. The number of hydrogen-bond donors (Lipinski definition) is 1. The predicted molar refractivity (Wildman–Crippen MR) is 85.1 cm³/mol. The SMILES string of the molecule is CC(CCS)CCN1CCN(c2ccccn2)CC1. The van der Waals surface area contributed by atoms with Crippen molar-refractivity contribution in [3.8, 4) is 0 Å². The summed E-state index contributed by atoms with van der Waals surface area (Å²) < 4.78 is 0. The molecule has 0 saturated carbocycles. The van der Waals surface area contributed by atoms with E-state index in [0.29, 0.717) is 0 Å². The molecule has 1 saturated heterocycles. The van der Waals surface area contributed by atoms with Crippen LogP contribution in [0.25, 0.3) is 0 Å². The molecule has 0 bridgehead atoms. The van der Waals surface area contributed by atoms with Crippen LogP contribution in [0.4, 0.5) is 5.82 Å². The van der Waals surface area contributed by atoms with E-state index in [1.165, 1.54) is 19.4 Å². The van der Waals surface area contributed by atoms with Gasteiger partial charge in [-0.2, -0.15) is 12.6 Å². The van der Waals surface area contributed by atoms with Gasteiger partial charge in [-0.05, 0) is 43.2 Å². The Balaban J connectivity index is 1.71. The van der Waals surface area contributed by atoms with Crippen LogP contribution >= 0.6 is 12.6 Å². The maximum atomic E-state index is 4.42. The van der Waals surface area contributed by atoms with E-state index in [1.807, 2.05) is 12.3 Å². The Kier molecular flexibility index (Phi) is 5.98. The zero-order chi connectivity index (χ0) is 13.5. The molecule has 0 amide bonds. The first kappa shape index (κ1) is 14.7. The van der Waals surface area contributed by atoms with Crippen LogP contribution in [0.1, 0.15) is 19.8 Å². The Hall–Kier alpha value is -0.740. The molecule has 19 heavy (non-hydrogen) atoms. The third-order valence-electron chi connectivity index (χ3n) is 3.91. The molecule has 0 aliphatic carbocycles. The second-order valence-electron chi connectivity index (χ2n) is 5.42. The molecule has 0 radical (unpaired) electrons. The van der Waals surface area contributed by atoms with Gasteiger partial charge in [0.05, 0.1) is 0 Å². The van der Waals surface area contributed by atoms with Crippen LogP contribution < -0.4 is 4.90 Å². The number of anilines is 1. The van der Waals surface area contributed by atoms with Crippen molar-refractivity contribution in [2.24, 2.45) is 5.92 Å². The highest BCUT2D eigenvalue weighted by Gasteiger charge is 2.17. The first-order chi connectivity index (χ1) is 9.29. The summed E-state index contributed by atoms with van der Waals surface area (Å²) in [6.07, 6.45) is 4.40. The van der Waals surface area contributed by atoms with Gasteiger partial charge in [0.15, 0.2) is 0 Å². The zero-order valence-corrected chi connectivity index (χ0v) is 12.7. The minimum absolute atomic E-state index is 0.798. The molecule has 0 N–H and O–H groups in total. The molecular formula is C15H25N3S. The highest BCUT2D eigenvalue weighted by molar-refractivity contribution is 7.80. The van der Waals surface area contributed by atoms with Crippen LogP contribution in [0.5, 0.6) is 0 Å². The third kappa shape index (κ3) is 4.69. The number of rotatable bonds is 6. The largest absolute Gasteiger partial charge is 0.354 e. The molecule has 3 nitrogen and oxygen atoms in total. The van der Waals surface area contributed by atoms with Gasteiger partial charge in [0.25, 0.3) is 0 Å². The van der Waals surface area contributed by atoms with Crippen molar-refractivity contribution in [2.75, 3.05) is 43.4 Å². The summed E-state index contributed by atoms with van der Waals surface area (Å²) in [6, 6.07) is 6.14. The quantitative estimate of drug-likeness (QED) is 0.808. The van der Waals surface area contributed by atoms with Crippen LogP contribution in [0, 0.1) is 5.92 Å². The summed E-state index contributed by atoms with van der Waals surface area (Å²) in [5.41, 5.74) is 0. The van der Waals surface area contributed by atoms with Crippen molar-refractivity contribution in [2.45, 2.75) is 19.8 Å². The summed E-state index contributed by atoms with van der Waals surface area (Å²) in [6.45, 7) is 8.07. The summed E-state index contributed by atoms with van der Waals surface area (Å²) >= 11 is 4.30. The number of nitrogens with zero attached hydrogens (tertiary/aromatic N) is 3. The predicted octanol–water partition coefficient (Wildman–Crippen LogP) is 2.55. The molecule has 1 aromatic heterocycles. The van der Waals surface area contributed by atoms with Crippen LogP contribution in [0.3, 0.4) is 0 Å². The second kappa shape index (κ2) is 7.75. The molecule has 0 spiro atoms. The average Bonchev–Trinajstić information content (AvgIpc) is 2.47. The zero-order valence-electron chi connectivity index (χ0n) is 11.8. The van der Waals surface area contributed by atoms with Crippen molar-refractivity contribution in [1.29, 1.82) is 0 Å². The Labute approximate surface area is 122 Å². The molecule has 0 aromatic carbocycles. The molecule has 1 aromatic rings. The average molecular weight is 279 g/mol. The number of aromatic nitrogens is 1. The molecule has 1 unspecified atom stereocenters. The molecule has 2 rings (SSSR count). The van der Waals surface area contributed by atoms with Gasteiger partial charge in [-0.3, -0.25) is 4.90 Å². The fourth-order valence-electron chi connectivity index (χ4n) is 2.51. The van der Waals surface area contributed by atoms with Gasteiger partial charge >= 0.3 is 0 Å². The lowest BCUT2D eigenvalue weighted by molar-refractivity contribution is 0.239. The standard InChI is InChI=1S/C15H25N3S/c1-14(6-13-19)5-8-17-9-11-18(12-10-17)15-4-2-3-7-16-15/h2-4,7,14,19H,5-6,8-13H2,1H3. The Morgan fingerprint density at radius 3 is 2.63 bits per heavy atom. The Morgan fingerprint density at radius 1 is 1.21 bits per heavy atom. The van der Waals surface area contributed by atoms with Crippen molar-refractivity contribution >= 4 is 18.4 Å². The van der Waals surface area contributed by atoms with E-state index < -0.39 is 0 Å². The van der Waals surface area contributed by atoms with Crippen molar-refractivity contribution in [3.05, 3.63) is 24.4 Å². The Bertz CT molecular complexity index is 350. The fraction of sp³-hybridized carbons (Fsp3) is 0.667. The van der Waals surface area contributed by atoms with E-state index in [0.717, 1.165) is 43.7 Å². The molecule has 2 heterocycles. The molecule has 4 heteroatoms. The molecule has 1 fully saturated rings. The van der Waals surface area contributed by atoms with Crippen LogP contribution in [0.15, 0.2) is 24.4 Å². The van der Waals surface area contributed by atoms with E-state index >= 15 is 0 Å². The van der Waals surface area contributed by atoms with Gasteiger partial charge in [-0.15, -0.1) is 0 Å². The number of pyridine rings is 1. The normalized spacial score (nSPS) is 18.5. The lowest BCUT2D eigenvalue weighted by Gasteiger charge is -2.35. The maximum absolute atomic E-state index is 4.42. The number of thiol groups is 1. The minimum Gasteiger partial charge on any atom is -0.354 e. The smallest absolute Gasteiger partial charge is 0.128 e. The first-order valence-electron chi connectivity index (χ1n) is 7.29. The van der Waals surface area contributed by atoms with Crippen LogP contribution in [-0.2, 0) is 0 Å². The van der Waals surface area contributed by atoms with E-state index in [9.17, 15) is 0 Å². The molecule has 1 atom stereocenters. The van der Waals surface area contributed by atoms with Gasteiger partial charge in [-0.1, -0.05) is 13.0 Å². The number of hydrogen-bond acceptors (Lipinski definition) is 4. The van der Waals surface area contributed by atoms with Crippen molar-refractivity contribution in [1.82, 2.24) is 9.88 Å². The van der Waals surface area contributed by atoms with Crippen LogP contribution in [-0.4, -0.2) is 48.4 Å².